The van der Waals surface area contributed by atoms with Gasteiger partial charge < -0.3 is 14.5 Å². The molecule has 0 radical (unpaired) electrons. The molecule has 1 amide bonds. The van der Waals surface area contributed by atoms with Crippen molar-refractivity contribution in [2.75, 3.05) is 39.7 Å². The molecule has 0 aromatic heterocycles. The molecule has 108 valence electrons. The van der Waals surface area contributed by atoms with E-state index in [1.165, 1.54) is 18.1 Å². The fraction of sp³-hybridized carbons (Fsp3) is 0.333. The van der Waals surface area contributed by atoms with Crippen molar-refractivity contribution >= 4 is 23.6 Å². The van der Waals surface area contributed by atoms with E-state index in [1.54, 1.807) is 13.1 Å². The predicted molar refractivity (Wildman–Crippen MR) is 79.5 cm³/mol. The number of hydrogen-bond acceptors (Lipinski definition) is 4. The number of likely N-dealkylation sites (N-methyl/N-ethyl adjacent to an activating group) is 1. The van der Waals surface area contributed by atoms with Crippen LogP contribution in [0, 0.1) is 0 Å². The largest absolute Gasteiger partial charge is 0.468 e. The van der Waals surface area contributed by atoms with Crippen LogP contribution in [0.4, 0.5) is 5.69 Å². The van der Waals surface area contributed by atoms with Gasteiger partial charge in [0.1, 0.15) is 6.54 Å². The zero-order valence-electron chi connectivity index (χ0n) is 12.3. The zero-order chi connectivity index (χ0) is 15.1. The molecule has 0 bridgehead atoms. The van der Waals surface area contributed by atoms with E-state index in [-0.39, 0.29) is 12.5 Å². The molecular weight excluding hydrogens is 256 g/mol. The van der Waals surface area contributed by atoms with Crippen LogP contribution in [-0.2, 0) is 14.3 Å². The Hall–Kier alpha value is -2.30. The summed E-state index contributed by atoms with van der Waals surface area (Å²) in [6.07, 6.45) is 3.16. The van der Waals surface area contributed by atoms with Gasteiger partial charge in [0.15, 0.2) is 0 Å². The number of rotatable bonds is 5. The van der Waals surface area contributed by atoms with Crippen LogP contribution in [0.2, 0.25) is 0 Å². The second kappa shape index (κ2) is 7.33. The van der Waals surface area contributed by atoms with Gasteiger partial charge in [0, 0.05) is 32.9 Å². The summed E-state index contributed by atoms with van der Waals surface area (Å²) in [4.78, 5) is 26.1. The molecule has 1 rings (SSSR count). The standard InChI is InChI=1S/C15H20N2O3/c1-16(2)13-8-5-12(6-9-13)7-10-14(18)17(3)11-15(19)20-4/h5-10H,11H2,1-4H3/b10-7+. The molecular formula is C15H20N2O3. The Labute approximate surface area is 119 Å². The normalized spacial score (nSPS) is 10.4. The number of carbonyl (C=O) groups is 2. The number of esters is 1. The maximum Gasteiger partial charge on any atom is 0.325 e. The van der Waals surface area contributed by atoms with Gasteiger partial charge in [-0.15, -0.1) is 0 Å². The molecule has 5 nitrogen and oxygen atoms in total. The number of hydrogen-bond donors (Lipinski definition) is 0. The van der Waals surface area contributed by atoms with Gasteiger partial charge in [-0.05, 0) is 23.8 Å². The first-order valence-corrected chi connectivity index (χ1v) is 6.21. The minimum absolute atomic E-state index is 0.0563. The second-order valence-electron chi connectivity index (χ2n) is 4.59. The van der Waals surface area contributed by atoms with Crippen LogP contribution >= 0.6 is 0 Å². The average molecular weight is 276 g/mol. The number of ether oxygens (including phenoxy) is 1. The SMILES string of the molecule is COC(=O)CN(C)C(=O)/C=C/c1ccc(N(C)C)cc1. The lowest BCUT2D eigenvalue weighted by Crippen LogP contribution is -2.31. The average Bonchev–Trinajstić information content (AvgIpc) is 2.44. The van der Waals surface area contributed by atoms with E-state index in [2.05, 4.69) is 4.74 Å². The molecule has 1 aromatic carbocycles. The topological polar surface area (TPSA) is 49.9 Å². The number of benzene rings is 1. The van der Waals surface area contributed by atoms with Gasteiger partial charge in [-0.1, -0.05) is 12.1 Å². The highest BCUT2D eigenvalue weighted by Gasteiger charge is 2.09. The summed E-state index contributed by atoms with van der Waals surface area (Å²) in [7, 11) is 6.79. The lowest BCUT2D eigenvalue weighted by Gasteiger charge is -2.13. The molecule has 5 heteroatoms. The number of nitrogens with zero attached hydrogens (tertiary/aromatic N) is 2. The second-order valence-corrected chi connectivity index (χ2v) is 4.59. The summed E-state index contributed by atoms with van der Waals surface area (Å²) in [6, 6.07) is 7.81. The van der Waals surface area contributed by atoms with E-state index in [0.717, 1.165) is 11.3 Å². The molecule has 0 N–H and O–H groups in total. The molecule has 20 heavy (non-hydrogen) atoms. The van der Waals surface area contributed by atoms with Gasteiger partial charge in [0.05, 0.1) is 7.11 Å². The molecule has 1 aromatic rings. The third-order valence-corrected chi connectivity index (χ3v) is 2.80. The van der Waals surface area contributed by atoms with Crippen LogP contribution in [0.15, 0.2) is 30.3 Å². The zero-order valence-corrected chi connectivity index (χ0v) is 12.3. The molecule has 0 fully saturated rings. The van der Waals surface area contributed by atoms with Crippen LogP contribution < -0.4 is 4.90 Å². The monoisotopic (exact) mass is 276 g/mol. The Morgan fingerprint density at radius 3 is 2.25 bits per heavy atom. The molecule has 0 saturated heterocycles. The Balaban J connectivity index is 2.62. The van der Waals surface area contributed by atoms with Gasteiger partial charge in [-0.2, -0.15) is 0 Å². The number of methoxy groups -OCH3 is 1. The molecule has 0 aliphatic carbocycles. The van der Waals surface area contributed by atoms with Crippen LogP contribution in [-0.4, -0.2) is 51.6 Å². The molecule has 0 unspecified atom stereocenters. The third kappa shape index (κ3) is 4.76. The first kappa shape index (κ1) is 15.8. The molecule has 0 heterocycles. The molecule has 0 saturated carbocycles. The molecule has 0 aliphatic rings. The Morgan fingerprint density at radius 1 is 1.15 bits per heavy atom. The summed E-state index contributed by atoms with van der Waals surface area (Å²) in [5, 5.41) is 0. The summed E-state index contributed by atoms with van der Waals surface area (Å²) < 4.78 is 4.51. The van der Waals surface area contributed by atoms with E-state index in [0.29, 0.717) is 0 Å². The van der Waals surface area contributed by atoms with Gasteiger partial charge in [-0.25, -0.2) is 0 Å². The maximum atomic E-state index is 11.8. The summed E-state index contributed by atoms with van der Waals surface area (Å²) in [5.74, 6) is -0.684. The molecule has 0 aliphatic heterocycles. The van der Waals surface area contributed by atoms with Gasteiger partial charge in [0.2, 0.25) is 5.91 Å². The summed E-state index contributed by atoms with van der Waals surface area (Å²) >= 11 is 0. The van der Waals surface area contributed by atoms with Crippen LogP contribution in [0.5, 0.6) is 0 Å². The van der Waals surface area contributed by atoms with Crippen molar-refractivity contribution in [3.8, 4) is 0 Å². The highest BCUT2D eigenvalue weighted by atomic mass is 16.5. The third-order valence-electron chi connectivity index (χ3n) is 2.80. The van der Waals surface area contributed by atoms with E-state index in [1.807, 2.05) is 43.3 Å². The first-order valence-electron chi connectivity index (χ1n) is 6.21. The quantitative estimate of drug-likeness (QED) is 0.602. The van der Waals surface area contributed by atoms with Crippen LogP contribution in [0.1, 0.15) is 5.56 Å². The van der Waals surface area contributed by atoms with Crippen LogP contribution in [0.25, 0.3) is 6.08 Å². The lowest BCUT2D eigenvalue weighted by molar-refractivity contribution is -0.144. The number of amides is 1. The smallest absolute Gasteiger partial charge is 0.325 e. The van der Waals surface area contributed by atoms with Gasteiger partial charge >= 0.3 is 5.97 Å². The molecule has 0 spiro atoms. The Morgan fingerprint density at radius 2 is 1.75 bits per heavy atom. The van der Waals surface area contributed by atoms with Gasteiger partial charge in [-0.3, -0.25) is 9.59 Å². The Kier molecular flexibility index (Phi) is 5.77. The minimum atomic E-state index is -0.440. The minimum Gasteiger partial charge on any atom is -0.468 e. The summed E-state index contributed by atoms with van der Waals surface area (Å²) in [5.41, 5.74) is 2.02. The van der Waals surface area contributed by atoms with E-state index < -0.39 is 5.97 Å². The van der Waals surface area contributed by atoms with Crippen molar-refractivity contribution in [2.45, 2.75) is 0 Å². The van der Waals surface area contributed by atoms with E-state index >= 15 is 0 Å². The first-order chi connectivity index (χ1) is 9.43. The fourth-order valence-electron chi connectivity index (χ4n) is 1.51. The number of carbonyl (C=O) groups excluding carboxylic acids is 2. The Bertz CT molecular complexity index is 492. The molecule has 0 atom stereocenters. The maximum absolute atomic E-state index is 11.8. The van der Waals surface area contributed by atoms with E-state index in [9.17, 15) is 9.59 Å². The fourth-order valence-corrected chi connectivity index (χ4v) is 1.51. The van der Waals surface area contributed by atoms with Gasteiger partial charge in [0.25, 0.3) is 0 Å². The van der Waals surface area contributed by atoms with Crippen molar-refractivity contribution < 1.29 is 14.3 Å². The highest BCUT2D eigenvalue weighted by molar-refractivity contribution is 5.93. The summed E-state index contributed by atoms with van der Waals surface area (Å²) in [6.45, 7) is -0.0563. The van der Waals surface area contributed by atoms with Crippen molar-refractivity contribution in [3.05, 3.63) is 35.9 Å². The highest BCUT2D eigenvalue weighted by Crippen LogP contribution is 2.13. The van der Waals surface area contributed by atoms with Crippen molar-refractivity contribution in [2.24, 2.45) is 0 Å². The lowest BCUT2D eigenvalue weighted by atomic mass is 10.2. The van der Waals surface area contributed by atoms with Crippen molar-refractivity contribution in [3.63, 3.8) is 0 Å². The van der Waals surface area contributed by atoms with Crippen molar-refractivity contribution in [1.82, 2.24) is 4.90 Å². The number of anilines is 1. The predicted octanol–water partition coefficient (Wildman–Crippen LogP) is 1.40. The van der Waals surface area contributed by atoms with Crippen LogP contribution in [0.3, 0.4) is 0 Å². The van der Waals surface area contributed by atoms with E-state index in [4.69, 9.17) is 0 Å². The van der Waals surface area contributed by atoms with Crippen molar-refractivity contribution in [1.29, 1.82) is 0 Å².